The van der Waals surface area contributed by atoms with E-state index >= 15 is 0 Å². The van der Waals surface area contributed by atoms with Crippen molar-refractivity contribution in [2.45, 2.75) is 115 Å². The molecule has 3 saturated heterocycles. The molecule has 10 N–H and O–H groups in total. The van der Waals surface area contributed by atoms with Crippen molar-refractivity contribution in [2.24, 2.45) is 11.8 Å². The quantitative estimate of drug-likeness (QED) is 0.0335. The molecule has 82 heavy (non-hydrogen) atoms. The molecule has 0 saturated carbocycles. The standard InChI is InChI=1S/C47H57N13O20P2/c1-22(2)32(54-29(62)7-5-4-6-14-58-30(63)12-13-31(58)64)26(61)15-23(3)42(67)53-25-10-8-24(9-11-25)16-74-47(69)55-39-33-40(50-19-49-39)59(20-51-33)44-35(65)37-27(77-44)17-75-82(72,73)80-38-28(18-76-81(70,71)79-37)78-45(36(38)66)60-21-52-34-41(60)56-46(48)57-43(34)68/h8-13,19-23,27-28,32,35-38,44-45,65-66H,4-7,14-18H2,1-3H3,(H,53,67)(H,54,62)(H,70,71)(H,72,73)(H3,48,56,57,68)(H,49,50,55,69)/t23-,27+,28+,32+,35-,36?,37?,38-,44+,45+/m0/s1. The van der Waals surface area contributed by atoms with Crippen LogP contribution in [0.15, 0.2) is 60.2 Å². The Labute approximate surface area is 463 Å². The summed E-state index contributed by atoms with van der Waals surface area (Å²) < 4.78 is 67.4. The Morgan fingerprint density at radius 1 is 0.805 bits per heavy atom. The summed E-state index contributed by atoms with van der Waals surface area (Å²) in [6, 6.07) is 5.48. The Hall–Kier alpha value is -7.26. The zero-order valence-electron chi connectivity index (χ0n) is 43.8. The number of carbonyl (C=O) groups excluding carboxylic acids is 6. The molecule has 35 heteroatoms. The van der Waals surface area contributed by atoms with Crippen LogP contribution in [0.3, 0.4) is 0 Å². The molecule has 4 aliphatic rings. The van der Waals surface area contributed by atoms with Crippen LogP contribution >= 0.6 is 15.6 Å². The number of H-pyrrole nitrogens is 1. The summed E-state index contributed by atoms with van der Waals surface area (Å²) in [5.74, 6) is -3.30. The first-order chi connectivity index (χ1) is 39.0. The molecule has 440 valence electrons. The van der Waals surface area contributed by atoms with Crippen molar-refractivity contribution in [1.82, 2.24) is 49.3 Å². The molecule has 0 bridgehead atoms. The summed E-state index contributed by atoms with van der Waals surface area (Å²) in [5.41, 5.74) is 5.42. The highest BCUT2D eigenvalue weighted by Gasteiger charge is 2.54. The van der Waals surface area contributed by atoms with Gasteiger partial charge in [0.05, 0.1) is 31.9 Å². The number of Topliss-reactive ketones (excluding diaryl/α,β-unsaturated/α-hetero) is 1. The SMILES string of the molecule is CC(C)[C@@H](NC(=O)CCCCCN1C(=O)C=CC1=O)C(=O)C[C@H](C)C(=O)Nc1ccc(COC(=O)Nc2ncnc3c2ncn3[C@@H]2O[C@@H]3COP(=O)(O)O[C@@H]4C(O)[C@H](n5cnc6c(=O)[nH]c(N)nc65)O[C@@H]4COP(=O)(O)OC3[C@@H]2O)cc1. The molecule has 8 heterocycles. The molecule has 12 atom stereocenters. The van der Waals surface area contributed by atoms with Gasteiger partial charge in [-0.05, 0) is 36.5 Å². The number of phosphoric ester groups is 2. The summed E-state index contributed by atoms with van der Waals surface area (Å²) in [4.78, 5) is 134. The van der Waals surface area contributed by atoms with Gasteiger partial charge < -0.3 is 50.6 Å². The van der Waals surface area contributed by atoms with E-state index in [0.29, 0.717) is 30.5 Å². The molecule has 5 amide bonds. The van der Waals surface area contributed by atoms with Crippen molar-refractivity contribution < 1.29 is 90.2 Å². The largest absolute Gasteiger partial charge is 0.472 e. The minimum Gasteiger partial charge on any atom is -0.444 e. The predicted octanol–water partition coefficient (Wildman–Crippen LogP) is 0.985. The number of hydrogen-bond acceptors (Lipinski definition) is 24. The summed E-state index contributed by atoms with van der Waals surface area (Å²) in [6.45, 7) is 3.32. The lowest BCUT2D eigenvalue weighted by Gasteiger charge is -2.27. The molecule has 0 aliphatic carbocycles. The van der Waals surface area contributed by atoms with Crippen molar-refractivity contribution in [3.05, 3.63) is 71.3 Å². The van der Waals surface area contributed by atoms with Crippen LogP contribution in [0.2, 0.25) is 0 Å². The van der Waals surface area contributed by atoms with Gasteiger partial charge in [0.2, 0.25) is 17.8 Å². The molecule has 0 spiro atoms. The number of hydrogen-bond donors (Lipinski definition) is 9. The highest BCUT2D eigenvalue weighted by molar-refractivity contribution is 7.47. The van der Waals surface area contributed by atoms with E-state index in [4.69, 9.17) is 38.0 Å². The number of aromatic amines is 1. The van der Waals surface area contributed by atoms with Gasteiger partial charge in [-0.1, -0.05) is 39.3 Å². The van der Waals surface area contributed by atoms with E-state index in [0.717, 1.165) is 33.0 Å². The molecule has 33 nitrogen and oxygen atoms in total. The Morgan fingerprint density at radius 2 is 1.40 bits per heavy atom. The van der Waals surface area contributed by atoms with E-state index in [1.807, 2.05) is 0 Å². The average Bonchev–Trinajstić information content (AvgIpc) is 4.26. The van der Waals surface area contributed by atoms with Crippen molar-refractivity contribution >= 4 is 90.9 Å². The van der Waals surface area contributed by atoms with Crippen LogP contribution < -0.4 is 27.2 Å². The second-order valence-electron chi connectivity index (χ2n) is 19.8. The maximum Gasteiger partial charge on any atom is 0.472 e. The number of imide groups is 1. The maximum absolute atomic E-state index is 13.5. The lowest BCUT2D eigenvalue weighted by atomic mass is 9.92. The number of phosphoric acid groups is 2. The first-order valence-electron chi connectivity index (χ1n) is 25.5. The summed E-state index contributed by atoms with van der Waals surface area (Å²) in [7, 11) is -10.4. The van der Waals surface area contributed by atoms with Crippen LogP contribution in [0.1, 0.15) is 70.9 Å². The second-order valence-corrected chi connectivity index (χ2v) is 22.6. The number of amides is 5. The van der Waals surface area contributed by atoms with Crippen LogP contribution in [-0.2, 0) is 72.0 Å². The van der Waals surface area contributed by atoms with Crippen LogP contribution in [0, 0.1) is 11.8 Å². The third-order valence-electron chi connectivity index (χ3n) is 13.6. The summed E-state index contributed by atoms with van der Waals surface area (Å²) in [6.07, 6.45) is -7.28. The van der Waals surface area contributed by atoms with E-state index in [1.165, 1.54) is 12.2 Å². The fraction of sp³-hybridized carbons (Fsp3) is 0.489. The van der Waals surface area contributed by atoms with Crippen molar-refractivity contribution in [1.29, 1.82) is 0 Å². The van der Waals surface area contributed by atoms with Gasteiger partial charge in [-0.25, -0.2) is 33.9 Å². The Bertz CT molecular complexity index is 3430. The topological polar surface area (TPSA) is 455 Å². The number of ketones is 1. The molecule has 1 aromatic carbocycles. The molecular weight excluding hydrogens is 1130 g/mol. The van der Waals surface area contributed by atoms with E-state index in [9.17, 15) is 62.7 Å². The zero-order valence-corrected chi connectivity index (χ0v) is 45.6. The fourth-order valence-electron chi connectivity index (χ4n) is 9.39. The highest BCUT2D eigenvalue weighted by Crippen LogP contribution is 2.54. The minimum absolute atomic E-state index is 0.0453. The monoisotopic (exact) mass is 1190 g/mol. The van der Waals surface area contributed by atoms with Gasteiger partial charge >= 0.3 is 21.7 Å². The summed E-state index contributed by atoms with van der Waals surface area (Å²) >= 11 is 0. The smallest absolute Gasteiger partial charge is 0.444 e. The minimum atomic E-state index is -5.21. The molecule has 4 unspecified atom stereocenters. The van der Waals surface area contributed by atoms with E-state index in [2.05, 4.69) is 45.9 Å². The van der Waals surface area contributed by atoms with Crippen molar-refractivity contribution in [3.8, 4) is 0 Å². The van der Waals surface area contributed by atoms with Gasteiger partial charge in [0.15, 0.2) is 46.4 Å². The van der Waals surface area contributed by atoms with Gasteiger partial charge in [-0.3, -0.25) is 71.2 Å². The molecule has 0 radical (unpaired) electrons. The molecule has 4 aliphatic heterocycles. The number of aromatic nitrogens is 8. The first-order valence-corrected chi connectivity index (χ1v) is 28.5. The third-order valence-corrected chi connectivity index (χ3v) is 15.5. The summed E-state index contributed by atoms with van der Waals surface area (Å²) in [5, 5.41) is 30.9. The second kappa shape index (κ2) is 24.7. The van der Waals surface area contributed by atoms with Crippen LogP contribution in [-0.4, -0.2) is 162 Å². The van der Waals surface area contributed by atoms with Crippen LogP contribution in [0.5, 0.6) is 0 Å². The molecular formula is C47H57N13O20P2. The number of fused-ring (bicyclic) bond motifs is 4. The maximum atomic E-state index is 13.5. The Kier molecular flexibility index (Phi) is 17.9. The number of ether oxygens (including phenoxy) is 3. The van der Waals surface area contributed by atoms with Crippen molar-refractivity contribution in [3.63, 3.8) is 0 Å². The van der Waals surface area contributed by atoms with Gasteiger partial charge in [-0.15, -0.1) is 0 Å². The molecule has 3 fully saturated rings. The molecule has 4 aromatic heterocycles. The Morgan fingerprint density at radius 3 is 2.01 bits per heavy atom. The molecule has 5 aromatic rings. The molecule has 9 rings (SSSR count). The Balaban J connectivity index is 0.757. The number of nitrogens with one attached hydrogen (secondary N) is 4. The highest BCUT2D eigenvalue weighted by atomic mass is 31.2. The lowest BCUT2D eigenvalue weighted by Crippen LogP contribution is -2.45. The number of unbranched alkanes of at least 4 members (excludes halogenated alkanes) is 2. The van der Waals surface area contributed by atoms with E-state index in [1.54, 1.807) is 45.0 Å². The number of carbonyl (C=O) groups is 6. The van der Waals surface area contributed by atoms with Gasteiger partial charge in [0, 0.05) is 43.1 Å². The number of anilines is 3. The number of nitrogens with zero attached hydrogens (tertiary/aromatic N) is 8. The number of nitrogen functional groups attached to an aromatic ring is 1. The van der Waals surface area contributed by atoms with Gasteiger partial charge in [-0.2, -0.15) is 4.98 Å². The van der Waals surface area contributed by atoms with E-state index in [-0.39, 0.29) is 89.5 Å². The van der Waals surface area contributed by atoms with Gasteiger partial charge in [0.1, 0.15) is 49.6 Å². The number of aliphatic hydroxyl groups is 2. The number of rotatable bonds is 18. The number of nitrogens with two attached hydrogens (primary N) is 1. The number of imidazole rings is 2. The lowest BCUT2D eigenvalue weighted by molar-refractivity contribution is -0.137. The van der Waals surface area contributed by atoms with Crippen molar-refractivity contribution in [2.75, 3.05) is 36.1 Å². The first kappa shape index (κ1) is 59.4. The van der Waals surface area contributed by atoms with Crippen LogP contribution in [0.25, 0.3) is 22.3 Å². The fourth-order valence-corrected chi connectivity index (χ4v) is 11.3. The van der Waals surface area contributed by atoms with Crippen LogP contribution in [0.4, 0.5) is 22.2 Å². The zero-order chi connectivity index (χ0) is 58.8. The predicted molar refractivity (Wildman–Crippen MR) is 278 cm³/mol. The van der Waals surface area contributed by atoms with E-state index < -0.39 is 107 Å². The van der Waals surface area contributed by atoms with Gasteiger partial charge in [0.25, 0.3) is 17.4 Å². The average molecular weight is 1190 g/mol. The number of aliphatic hydroxyl groups excluding tert-OH is 2. The third kappa shape index (κ3) is 13.5. The number of benzene rings is 1. The normalized spacial score (nSPS) is 27.4.